The summed E-state index contributed by atoms with van der Waals surface area (Å²) < 4.78 is 0. The van der Waals surface area contributed by atoms with Crippen LogP contribution in [-0.2, 0) is 11.3 Å². The average molecular weight is 432 g/mol. The molecule has 2 aromatic carbocycles. The van der Waals surface area contributed by atoms with Gasteiger partial charge in [-0.25, -0.2) is 0 Å². The molecule has 1 saturated heterocycles. The minimum Gasteiger partial charge on any atom is -0.335 e. The van der Waals surface area contributed by atoms with Crippen molar-refractivity contribution >= 4 is 29.2 Å². The number of rotatable bonds is 6. The lowest BCUT2D eigenvalue weighted by atomic mass is 10.2. The highest BCUT2D eigenvalue weighted by atomic mass is 32.1. The molecule has 0 bridgehead atoms. The lowest BCUT2D eigenvalue weighted by molar-refractivity contribution is -0.129. The van der Waals surface area contributed by atoms with E-state index in [1.807, 2.05) is 58.8 Å². The Morgan fingerprint density at radius 3 is 2.19 bits per heavy atom. The van der Waals surface area contributed by atoms with Crippen LogP contribution in [0.5, 0.6) is 0 Å². The molecule has 1 aliphatic rings. The Hall–Kier alpha value is -3.22. The molecule has 0 aliphatic carbocycles. The topological polar surface area (TPSA) is 52.7 Å². The Balaban J connectivity index is 1.43. The molecule has 4 rings (SSSR count). The van der Waals surface area contributed by atoms with Gasteiger partial charge in [0.05, 0.1) is 0 Å². The summed E-state index contributed by atoms with van der Waals surface area (Å²) in [4.78, 5) is 31.1. The summed E-state index contributed by atoms with van der Waals surface area (Å²) in [5.74, 6) is -0.420. The SMILES string of the molecule is O=C(N/C(=C\c1cccs1)C(=O)N1CCN(Cc2ccccc2)CC1)c1ccccc1. The van der Waals surface area contributed by atoms with E-state index in [1.54, 1.807) is 18.2 Å². The smallest absolute Gasteiger partial charge is 0.270 e. The van der Waals surface area contributed by atoms with Gasteiger partial charge in [0, 0.05) is 43.2 Å². The molecule has 1 N–H and O–H groups in total. The number of benzene rings is 2. The summed E-state index contributed by atoms with van der Waals surface area (Å²) in [6.45, 7) is 3.76. The molecule has 0 saturated carbocycles. The van der Waals surface area contributed by atoms with Gasteiger partial charge in [-0.15, -0.1) is 11.3 Å². The fourth-order valence-corrected chi connectivity index (χ4v) is 4.23. The van der Waals surface area contributed by atoms with Crippen LogP contribution in [0.25, 0.3) is 6.08 Å². The molecule has 1 fully saturated rings. The highest BCUT2D eigenvalue weighted by Gasteiger charge is 2.25. The zero-order valence-corrected chi connectivity index (χ0v) is 18.1. The normalized spacial score (nSPS) is 15.0. The minimum atomic E-state index is -0.278. The van der Waals surface area contributed by atoms with Crippen molar-refractivity contribution in [2.45, 2.75) is 6.54 Å². The van der Waals surface area contributed by atoms with Gasteiger partial charge in [-0.3, -0.25) is 14.5 Å². The van der Waals surface area contributed by atoms with Gasteiger partial charge in [-0.2, -0.15) is 0 Å². The summed E-state index contributed by atoms with van der Waals surface area (Å²) in [5.41, 5.74) is 2.11. The summed E-state index contributed by atoms with van der Waals surface area (Å²) in [7, 11) is 0. The molecule has 0 unspecified atom stereocenters. The first-order chi connectivity index (χ1) is 15.2. The zero-order valence-electron chi connectivity index (χ0n) is 17.2. The van der Waals surface area contributed by atoms with Crippen LogP contribution in [0.1, 0.15) is 20.8 Å². The van der Waals surface area contributed by atoms with Gasteiger partial charge < -0.3 is 10.2 Å². The van der Waals surface area contributed by atoms with Gasteiger partial charge in [-0.05, 0) is 35.2 Å². The molecule has 0 spiro atoms. The number of piperazine rings is 1. The molecule has 0 atom stereocenters. The van der Waals surface area contributed by atoms with Crippen molar-refractivity contribution in [2.75, 3.05) is 26.2 Å². The summed E-state index contributed by atoms with van der Waals surface area (Å²) in [5, 5.41) is 4.80. The second-order valence-electron chi connectivity index (χ2n) is 7.45. The van der Waals surface area contributed by atoms with Crippen LogP contribution in [-0.4, -0.2) is 47.8 Å². The Kier molecular flexibility index (Phi) is 6.92. The number of thiophene rings is 1. The van der Waals surface area contributed by atoms with Crippen LogP contribution >= 0.6 is 11.3 Å². The van der Waals surface area contributed by atoms with Crippen molar-refractivity contribution in [3.05, 3.63) is 99.9 Å². The second-order valence-corrected chi connectivity index (χ2v) is 8.43. The van der Waals surface area contributed by atoms with Gasteiger partial charge in [0.25, 0.3) is 11.8 Å². The number of hydrogen-bond donors (Lipinski definition) is 1. The standard InChI is InChI=1S/C25H25N3O2S/c29-24(21-10-5-2-6-11-21)26-23(18-22-12-7-17-31-22)25(30)28-15-13-27(14-16-28)19-20-8-3-1-4-9-20/h1-12,17-18H,13-16,19H2,(H,26,29)/b23-18-. The van der Waals surface area contributed by atoms with Gasteiger partial charge in [0.2, 0.25) is 0 Å². The van der Waals surface area contributed by atoms with Crippen LogP contribution in [0.2, 0.25) is 0 Å². The molecule has 0 radical (unpaired) electrons. The third-order valence-electron chi connectivity index (χ3n) is 5.25. The van der Waals surface area contributed by atoms with Crippen LogP contribution in [0.3, 0.4) is 0 Å². The highest BCUT2D eigenvalue weighted by Crippen LogP contribution is 2.16. The maximum Gasteiger partial charge on any atom is 0.270 e. The maximum atomic E-state index is 13.3. The van der Waals surface area contributed by atoms with E-state index in [0.717, 1.165) is 24.5 Å². The number of carbonyl (C=O) groups is 2. The number of carbonyl (C=O) groups excluding carboxylic acids is 2. The predicted molar refractivity (Wildman–Crippen MR) is 125 cm³/mol. The summed E-state index contributed by atoms with van der Waals surface area (Å²) >= 11 is 1.53. The fourth-order valence-electron chi connectivity index (χ4n) is 3.57. The van der Waals surface area contributed by atoms with Crippen LogP contribution in [0, 0.1) is 0 Å². The van der Waals surface area contributed by atoms with Crippen LogP contribution in [0.4, 0.5) is 0 Å². The Morgan fingerprint density at radius 2 is 1.55 bits per heavy atom. The lowest BCUT2D eigenvalue weighted by Crippen LogP contribution is -2.50. The van der Waals surface area contributed by atoms with Gasteiger partial charge in [0.15, 0.2) is 0 Å². The molecule has 6 heteroatoms. The predicted octanol–water partition coefficient (Wildman–Crippen LogP) is 3.86. The molecule has 2 amide bonds. The van der Waals surface area contributed by atoms with E-state index in [1.165, 1.54) is 16.9 Å². The van der Waals surface area contributed by atoms with E-state index in [0.29, 0.717) is 24.4 Å². The van der Waals surface area contributed by atoms with E-state index in [2.05, 4.69) is 22.3 Å². The minimum absolute atomic E-state index is 0.142. The molecule has 3 aromatic rings. The van der Waals surface area contributed by atoms with Crippen LogP contribution < -0.4 is 5.32 Å². The van der Waals surface area contributed by atoms with Gasteiger partial charge in [0.1, 0.15) is 5.70 Å². The van der Waals surface area contributed by atoms with Gasteiger partial charge >= 0.3 is 0 Å². The largest absolute Gasteiger partial charge is 0.335 e. The molecular weight excluding hydrogens is 406 g/mol. The van der Waals surface area contributed by atoms with Crippen molar-refractivity contribution in [3.63, 3.8) is 0 Å². The van der Waals surface area contributed by atoms with E-state index in [9.17, 15) is 9.59 Å². The van der Waals surface area contributed by atoms with E-state index < -0.39 is 0 Å². The van der Waals surface area contributed by atoms with Crippen molar-refractivity contribution in [1.29, 1.82) is 0 Å². The molecule has 158 valence electrons. The van der Waals surface area contributed by atoms with E-state index >= 15 is 0 Å². The monoisotopic (exact) mass is 431 g/mol. The number of hydrogen-bond acceptors (Lipinski definition) is 4. The van der Waals surface area contributed by atoms with Crippen molar-refractivity contribution in [1.82, 2.24) is 15.1 Å². The maximum absolute atomic E-state index is 13.3. The highest BCUT2D eigenvalue weighted by molar-refractivity contribution is 7.10. The Labute approximate surface area is 186 Å². The fraction of sp³-hybridized carbons (Fsp3) is 0.200. The number of nitrogens with one attached hydrogen (secondary N) is 1. The first kappa shape index (κ1) is 21.0. The summed E-state index contributed by atoms with van der Waals surface area (Å²) in [6.07, 6.45) is 1.77. The zero-order chi connectivity index (χ0) is 21.5. The molecule has 1 aromatic heterocycles. The van der Waals surface area contributed by atoms with Crippen LogP contribution in [0.15, 0.2) is 83.9 Å². The second kappa shape index (κ2) is 10.2. The number of nitrogens with zero attached hydrogens (tertiary/aromatic N) is 2. The Bertz CT molecular complexity index is 1030. The third kappa shape index (κ3) is 5.69. The quantitative estimate of drug-likeness (QED) is 0.603. The lowest BCUT2D eigenvalue weighted by Gasteiger charge is -2.35. The van der Waals surface area contributed by atoms with Gasteiger partial charge in [-0.1, -0.05) is 54.6 Å². The van der Waals surface area contributed by atoms with E-state index in [-0.39, 0.29) is 11.8 Å². The molecule has 1 aliphatic heterocycles. The first-order valence-corrected chi connectivity index (χ1v) is 11.2. The number of amides is 2. The van der Waals surface area contributed by atoms with Crippen molar-refractivity contribution in [3.8, 4) is 0 Å². The van der Waals surface area contributed by atoms with Crippen molar-refractivity contribution < 1.29 is 9.59 Å². The van der Waals surface area contributed by atoms with E-state index in [4.69, 9.17) is 0 Å². The molecular formula is C25H25N3O2S. The van der Waals surface area contributed by atoms with Crippen molar-refractivity contribution in [2.24, 2.45) is 0 Å². The molecule has 2 heterocycles. The molecule has 5 nitrogen and oxygen atoms in total. The third-order valence-corrected chi connectivity index (χ3v) is 6.07. The first-order valence-electron chi connectivity index (χ1n) is 10.4. The average Bonchev–Trinajstić information content (AvgIpc) is 3.33. The summed E-state index contributed by atoms with van der Waals surface area (Å²) in [6, 6.07) is 23.2. The Morgan fingerprint density at radius 1 is 0.871 bits per heavy atom. The molecule has 31 heavy (non-hydrogen) atoms.